The van der Waals surface area contributed by atoms with Crippen LogP contribution >= 0.6 is 61.1 Å². The van der Waals surface area contributed by atoms with Crippen molar-refractivity contribution in [1.82, 2.24) is 9.66 Å². The molecule has 0 saturated carbocycles. The van der Waals surface area contributed by atoms with Gasteiger partial charge < -0.3 is 4.74 Å². The number of hydrogen-bond acceptors (Lipinski definition) is 6. The van der Waals surface area contributed by atoms with Crippen molar-refractivity contribution in [3.05, 3.63) is 104 Å². The number of nitro benzene ring substituents is 1. The maximum Gasteiger partial charge on any atom is 0.282 e. The van der Waals surface area contributed by atoms with E-state index < -0.39 is 4.92 Å². The SMILES string of the molecule is Cc1nc2ccc(Br)cc2c(=O)n1N=Cc1cc(I)c(OCc2ccc([N+](=O)[O-])cc2)c(I)c1. The molecule has 4 rings (SSSR count). The third-order valence-corrected chi connectivity index (χ3v) is 6.94. The first-order valence-corrected chi connectivity index (χ1v) is 12.8. The highest BCUT2D eigenvalue weighted by atomic mass is 127. The van der Waals surface area contributed by atoms with Crippen molar-refractivity contribution in [1.29, 1.82) is 0 Å². The lowest BCUT2D eigenvalue weighted by Crippen LogP contribution is -2.20. The molecule has 3 aromatic carbocycles. The van der Waals surface area contributed by atoms with Crippen LogP contribution in [0, 0.1) is 24.2 Å². The number of halogens is 3. The van der Waals surface area contributed by atoms with E-state index in [1.54, 1.807) is 37.4 Å². The van der Waals surface area contributed by atoms with Gasteiger partial charge in [-0.2, -0.15) is 9.78 Å². The summed E-state index contributed by atoms with van der Waals surface area (Å²) in [6, 6.07) is 15.4. The minimum atomic E-state index is -0.431. The van der Waals surface area contributed by atoms with E-state index in [0.29, 0.717) is 22.5 Å². The van der Waals surface area contributed by atoms with Gasteiger partial charge in [0.1, 0.15) is 18.2 Å². The molecule has 8 nitrogen and oxygen atoms in total. The van der Waals surface area contributed by atoms with Crippen LogP contribution in [0.4, 0.5) is 5.69 Å². The van der Waals surface area contributed by atoms with E-state index in [0.717, 1.165) is 22.7 Å². The summed E-state index contributed by atoms with van der Waals surface area (Å²) in [7, 11) is 0. The Morgan fingerprint density at radius 1 is 1.15 bits per heavy atom. The molecule has 4 aromatic rings. The van der Waals surface area contributed by atoms with Crippen molar-refractivity contribution in [3.63, 3.8) is 0 Å². The zero-order valence-corrected chi connectivity index (χ0v) is 23.4. The number of nitro groups is 1. The third kappa shape index (κ3) is 5.46. The smallest absolute Gasteiger partial charge is 0.282 e. The van der Waals surface area contributed by atoms with E-state index >= 15 is 0 Å². The summed E-state index contributed by atoms with van der Waals surface area (Å²) < 4.78 is 9.80. The van der Waals surface area contributed by atoms with Gasteiger partial charge in [-0.1, -0.05) is 15.9 Å². The van der Waals surface area contributed by atoms with Crippen molar-refractivity contribution in [2.75, 3.05) is 0 Å². The summed E-state index contributed by atoms with van der Waals surface area (Å²) in [5, 5.41) is 15.7. The monoisotopic (exact) mass is 744 g/mol. The molecule has 0 N–H and O–H groups in total. The fourth-order valence-corrected chi connectivity index (χ4v) is 5.67. The molecule has 0 aliphatic heterocycles. The average Bonchev–Trinajstić information content (AvgIpc) is 2.79. The Balaban J connectivity index is 1.56. The molecule has 0 unspecified atom stereocenters. The van der Waals surface area contributed by atoms with Crippen LogP contribution in [0.2, 0.25) is 0 Å². The number of non-ortho nitro benzene ring substituents is 1. The Labute approximate surface area is 229 Å². The summed E-state index contributed by atoms with van der Waals surface area (Å²) in [5.41, 5.74) is 2.05. The van der Waals surface area contributed by atoms with Crippen molar-refractivity contribution in [3.8, 4) is 5.75 Å². The molecule has 0 aliphatic rings. The second kappa shape index (κ2) is 10.5. The molecule has 0 atom stereocenters. The number of rotatable bonds is 6. The zero-order valence-electron chi connectivity index (χ0n) is 17.5. The molecule has 11 heteroatoms. The van der Waals surface area contributed by atoms with Crippen molar-refractivity contribution >= 4 is 83.9 Å². The number of nitrogens with zero attached hydrogens (tertiary/aromatic N) is 4. The topological polar surface area (TPSA) is 99.6 Å². The van der Waals surface area contributed by atoms with Crippen molar-refractivity contribution < 1.29 is 9.66 Å². The van der Waals surface area contributed by atoms with Crippen LogP contribution in [0.3, 0.4) is 0 Å². The standard InChI is InChI=1S/C23H15BrI2N4O4/c1-13-28-21-7-4-16(24)10-18(21)23(31)29(13)27-11-15-8-19(25)22(20(26)9-15)34-12-14-2-5-17(6-3-14)30(32)33/h2-11H,12H2,1H3. The summed E-state index contributed by atoms with van der Waals surface area (Å²) in [6.45, 7) is 2.02. The Morgan fingerprint density at radius 3 is 2.47 bits per heavy atom. The minimum absolute atomic E-state index is 0.0418. The van der Waals surface area contributed by atoms with Crippen molar-refractivity contribution in [2.24, 2.45) is 5.10 Å². The molecule has 34 heavy (non-hydrogen) atoms. The Morgan fingerprint density at radius 2 is 1.82 bits per heavy atom. The lowest BCUT2D eigenvalue weighted by molar-refractivity contribution is -0.384. The lowest BCUT2D eigenvalue weighted by Gasteiger charge is -2.11. The van der Waals surface area contributed by atoms with E-state index in [2.05, 4.69) is 71.2 Å². The zero-order chi connectivity index (χ0) is 24.4. The largest absolute Gasteiger partial charge is 0.487 e. The van der Waals surface area contributed by atoms with Crippen molar-refractivity contribution in [2.45, 2.75) is 13.5 Å². The summed E-state index contributed by atoms with van der Waals surface area (Å²) >= 11 is 7.76. The fraction of sp³-hybridized carbons (Fsp3) is 0.0870. The number of benzene rings is 3. The average molecular weight is 745 g/mol. The number of ether oxygens (including phenoxy) is 1. The van der Waals surface area contributed by atoms with Gasteiger partial charge in [0, 0.05) is 16.6 Å². The molecule has 1 heterocycles. The number of fused-ring (bicyclic) bond motifs is 1. The summed E-state index contributed by atoms with van der Waals surface area (Å²) in [4.78, 5) is 27.8. The Hall–Kier alpha value is -2.39. The molecular weight excluding hydrogens is 730 g/mol. The maximum atomic E-state index is 12.9. The first-order valence-electron chi connectivity index (χ1n) is 9.81. The highest BCUT2D eigenvalue weighted by molar-refractivity contribution is 14.1. The quantitative estimate of drug-likeness (QED) is 0.104. The van der Waals surface area contributed by atoms with Gasteiger partial charge in [0.15, 0.2) is 0 Å². The van der Waals surface area contributed by atoms with E-state index in [4.69, 9.17) is 4.74 Å². The van der Waals surface area contributed by atoms with Crippen LogP contribution < -0.4 is 10.3 Å². The number of aryl methyl sites for hydroxylation is 1. The van der Waals surface area contributed by atoms with Gasteiger partial charge in [-0.15, -0.1) is 0 Å². The van der Waals surface area contributed by atoms with Crippen LogP contribution in [0.1, 0.15) is 17.0 Å². The lowest BCUT2D eigenvalue weighted by atomic mass is 10.2. The van der Waals surface area contributed by atoms with Crippen LogP contribution in [0.5, 0.6) is 5.75 Å². The first kappa shape index (κ1) is 24.7. The fourth-order valence-electron chi connectivity index (χ4n) is 3.18. The minimum Gasteiger partial charge on any atom is -0.487 e. The predicted octanol–water partition coefficient (Wildman–Crippen LogP) is 6.05. The number of aromatic nitrogens is 2. The van der Waals surface area contributed by atoms with Gasteiger partial charge in [-0.3, -0.25) is 14.9 Å². The molecule has 0 amide bonds. The number of hydrogen-bond donors (Lipinski definition) is 0. The van der Waals surface area contributed by atoms with E-state index in [9.17, 15) is 14.9 Å². The van der Waals surface area contributed by atoms with Gasteiger partial charge in [0.05, 0.1) is 29.2 Å². The van der Waals surface area contributed by atoms with Gasteiger partial charge >= 0.3 is 0 Å². The Bertz CT molecular complexity index is 1480. The van der Waals surface area contributed by atoms with Crippen LogP contribution in [-0.2, 0) is 6.61 Å². The van der Waals surface area contributed by atoms with Gasteiger partial charge in [-0.25, -0.2) is 4.98 Å². The predicted molar refractivity (Wildman–Crippen MR) is 151 cm³/mol. The van der Waals surface area contributed by atoms with E-state index in [-0.39, 0.29) is 17.9 Å². The van der Waals surface area contributed by atoms with Crippen LogP contribution in [-0.4, -0.2) is 20.8 Å². The second-order valence-electron chi connectivity index (χ2n) is 7.21. The first-order chi connectivity index (χ1) is 16.2. The molecular formula is C23H15BrI2N4O4. The molecule has 0 radical (unpaired) electrons. The van der Waals surface area contributed by atoms with Crippen LogP contribution in [0.15, 0.2) is 69.0 Å². The van der Waals surface area contributed by atoms with Gasteiger partial charge in [0.2, 0.25) is 0 Å². The maximum absolute atomic E-state index is 12.9. The molecule has 1 aromatic heterocycles. The highest BCUT2D eigenvalue weighted by Crippen LogP contribution is 2.29. The van der Waals surface area contributed by atoms with Crippen LogP contribution in [0.25, 0.3) is 10.9 Å². The van der Waals surface area contributed by atoms with Gasteiger partial charge in [0.25, 0.3) is 11.2 Å². The summed E-state index contributed by atoms with van der Waals surface area (Å²) in [5.74, 6) is 1.20. The Kier molecular flexibility index (Phi) is 7.62. The molecule has 172 valence electrons. The normalized spacial score (nSPS) is 11.3. The van der Waals surface area contributed by atoms with E-state index in [1.807, 2.05) is 18.2 Å². The molecule has 0 spiro atoms. The van der Waals surface area contributed by atoms with Gasteiger partial charge in [-0.05, 0) is 106 Å². The highest BCUT2D eigenvalue weighted by Gasteiger charge is 2.11. The molecule has 0 aliphatic carbocycles. The summed E-state index contributed by atoms with van der Waals surface area (Å²) in [6.07, 6.45) is 1.62. The molecule has 0 saturated heterocycles. The second-order valence-corrected chi connectivity index (χ2v) is 10.4. The third-order valence-electron chi connectivity index (χ3n) is 4.84. The molecule has 0 fully saturated rings. The van der Waals surface area contributed by atoms with E-state index in [1.165, 1.54) is 16.8 Å². The molecule has 0 bridgehead atoms.